The van der Waals surface area contributed by atoms with Crippen molar-refractivity contribution >= 4 is 34.8 Å². The highest BCUT2D eigenvalue weighted by Gasteiger charge is 2.34. The van der Waals surface area contributed by atoms with E-state index in [9.17, 15) is 9.59 Å². The van der Waals surface area contributed by atoms with Gasteiger partial charge in [-0.15, -0.1) is 11.3 Å². The van der Waals surface area contributed by atoms with Crippen LogP contribution in [0.25, 0.3) is 10.6 Å². The molecular weight excluding hydrogens is 422 g/mol. The van der Waals surface area contributed by atoms with Crippen LogP contribution in [0.4, 0.5) is 0 Å². The summed E-state index contributed by atoms with van der Waals surface area (Å²) < 4.78 is 5.85. The molecule has 2 amide bonds. The van der Waals surface area contributed by atoms with Gasteiger partial charge in [-0.2, -0.15) is 0 Å². The number of hydrogen-bond donors (Lipinski definition) is 1. The highest BCUT2D eigenvalue weighted by Crippen LogP contribution is 2.31. The lowest BCUT2D eigenvalue weighted by Gasteiger charge is -2.35. The second-order valence-corrected chi connectivity index (χ2v) is 10.4. The zero-order valence-electron chi connectivity index (χ0n) is 19.2. The Kier molecular flexibility index (Phi) is 10.6. The van der Waals surface area contributed by atoms with Crippen LogP contribution in [0.1, 0.15) is 65.9 Å². The maximum absolute atomic E-state index is 12.6. The molecule has 168 valence electrons. The second-order valence-electron chi connectivity index (χ2n) is 8.69. The molecule has 2 aromatic rings. The average molecular weight is 456 g/mol. The first-order valence-electron chi connectivity index (χ1n) is 10.3. The van der Waals surface area contributed by atoms with Gasteiger partial charge in [-0.1, -0.05) is 58.3 Å². The Morgan fingerprint density at radius 2 is 1.77 bits per heavy atom. The molecule has 2 atom stereocenters. The molecule has 6 nitrogen and oxygen atoms in total. The predicted octanol–water partition coefficient (Wildman–Crippen LogP) is 5.73. The van der Waals surface area contributed by atoms with E-state index in [2.05, 4.69) is 52.0 Å². The lowest BCUT2D eigenvalue weighted by molar-refractivity contribution is -0.128. The van der Waals surface area contributed by atoms with Crippen molar-refractivity contribution in [1.29, 1.82) is 0 Å². The summed E-state index contributed by atoms with van der Waals surface area (Å²) in [6, 6.07) is 4.52. The monoisotopic (exact) mass is 455 g/mol. The van der Waals surface area contributed by atoms with Gasteiger partial charge in [0.1, 0.15) is 6.04 Å². The number of amides is 2. The van der Waals surface area contributed by atoms with Crippen LogP contribution < -0.4 is 5.32 Å². The van der Waals surface area contributed by atoms with Crippen LogP contribution >= 0.6 is 22.9 Å². The zero-order valence-corrected chi connectivity index (χ0v) is 20.7. The van der Waals surface area contributed by atoms with Gasteiger partial charge in [0.15, 0.2) is 11.5 Å². The van der Waals surface area contributed by atoms with Crippen LogP contribution in [0.5, 0.6) is 0 Å². The number of carbonyl (C=O) groups is 2. The molecule has 1 aliphatic rings. The predicted molar refractivity (Wildman–Crippen MR) is 124 cm³/mol. The van der Waals surface area contributed by atoms with Crippen molar-refractivity contribution in [2.45, 2.75) is 67.5 Å². The Labute approximate surface area is 189 Å². The first kappa shape index (κ1) is 26.2. The minimum absolute atomic E-state index is 0.0878. The molecule has 2 unspecified atom stereocenters. The largest absolute Gasteiger partial charge is 0.355 e. The number of hydrogen-bond acceptors (Lipinski definition) is 5. The molecule has 3 rings (SSSR count). The Balaban J connectivity index is 0.000000485. The number of rotatable bonds is 2. The Morgan fingerprint density at radius 3 is 2.27 bits per heavy atom. The van der Waals surface area contributed by atoms with E-state index < -0.39 is 6.04 Å². The van der Waals surface area contributed by atoms with Gasteiger partial charge < -0.3 is 14.7 Å². The summed E-state index contributed by atoms with van der Waals surface area (Å²) >= 11 is 7.23. The average Bonchev–Trinajstić information content (AvgIpc) is 3.25. The van der Waals surface area contributed by atoms with E-state index >= 15 is 0 Å². The van der Waals surface area contributed by atoms with Crippen LogP contribution in [0.15, 0.2) is 22.7 Å². The maximum Gasteiger partial charge on any atom is 0.276 e. The molecule has 3 heterocycles. The molecule has 0 aromatic carbocycles. The fraction of sp³-hybridized carbons (Fsp3) is 0.591. The lowest BCUT2D eigenvalue weighted by atomic mass is 10.1. The Bertz CT molecular complexity index is 805. The lowest BCUT2D eigenvalue weighted by Crippen LogP contribution is -2.59. The summed E-state index contributed by atoms with van der Waals surface area (Å²) in [7, 11) is 0. The van der Waals surface area contributed by atoms with Crippen LogP contribution in [-0.4, -0.2) is 40.5 Å². The Morgan fingerprint density at radius 1 is 1.20 bits per heavy atom. The fourth-order valence-electron chi connectivity index (χ4n) is 2.35. The van der Waals surface area contributed by atoms with Crippen LogP contribution in [-0.2, 0) is 4.79 Å². The van der Waals surface area contributed by atoms with Crippen molar-refractivity contribution in [2.75, 3.05) is 6.54 Å². The number of nitrogens with one attached hydrogen (secondary N) is 1. The van der Waals surface area contributed by atoms with E-state index in [1.165, 1.54) is 16.2 Å². The summed E-state index contributed by atoms with van der Waals surface area (Å²) in [6.07, 6.45) is 0. The number of nitrogens with zero attached hydrogens (tertiary/aromatic N) is 2. The summed E-state index contributed by atoms with van der Waals surface area (Å²) in [5.74, 6) is 1.68. The van der Waals surface area contributed by atoms with Gasteiger partial charge in [-0.3, -0.25) is 9.59 Å². The molecule has 2 aromatic heterocycles. The van der Waals surface area contributed by atoms with Crippen molar-refractivity contribution in [2.24, 2.45) is 11.8 Å². The van der Waals surface area contributed by atoms with Gasteiger partial charge in [-0.05, 0) is 37.8 Å². The molecule has 0 spiro atoms. The van der Waals surface area contributed by atoms with Gasteiger partial charge >= 0.3 is 0 Å². The third-order valence-electron chi connectivity index (χ3n) is 3.51. The summed E-state index contributed by atoms with van der Waals surface area (Å²) in [6.45, 7) is 17.0. The number of carbonyl (C=O) groups excluding carboxylic acids is 2. The first-order chi connectivity index (χ1) is 13.9. The van der Waals surface area contributed by atoms with E-state index in [4.69, 9.17) is 16.1 Å². The van der Waals surface area contributed by atoms with Gasteiger partial charge in [0.2, 0.25) is 5.91 Å². The van der Waals surface area contributed by atoms with E-state index in [1.807, 2.05) is 6.92 Å². The van der Waals surface area contributed by atoms with Crippen LogP contribution in [0.3, 0.4) is 0 Å². The second kappa shape index (κ2) is 12.1. The minimum Gasteiger partial charge on any atom is -0.355 e. The zero-order chi connectivity index (χ0) is 23.0. The van der Waals surface area contributed by atoms with Crippen molar-refractivity contribution in [1.82, 2.24) is 15.4 Å². The topological polar surface area (TPSA) is 75.4 Å². The van der Waals surface area contributed by atoms with Gasteiger partial charge in [0.25, 0.3) is 5.91 Å². The Hall–Kier alpha value is -1.86. The molecule has 1 N–H and O–H groups in total. The number of halogens is 1. The van der Waals surface area contributed by atoms with E-state index in [0.717, 1.165) is 16.7 Å². The SMILES string of the molecule is CC(C)C.CC(C)C.CC1CN(C(=O)c2cc(-c3ccc(Cl)s3)on2)C(C)C(=O)N1. The standard InChI is InChI=1S/C14H14ClN3O3S.2C4H10/c1-7-6-18(8(2)13(19)16-7)14(20)9-5-10(21-17-9)11-3-4-12(15)22-11;2*1-4(2)3/h3-5,7-8H,6H2,1-2H3,(H,16,19);2*4H,1-3H3. The van der Waals surface area contributed by atoms with Gasteiger partial charge in [0.05, 0.1) is 9.21 Å². The molecule has 30 heavy (non-hydrogen) atoms. The minimum atomic E-state index is -0.528. The number of aromatic nitrogens is 1. The molecule has 0 aliphatic carbocycles. The molecule has 0 saturated carbocycles. The number of piperazine rings is 1. The maximum atomic E-state index is 12.6. The van der Waals surface area contributed by atoms with Crippen molar-refractivity contribution in [3.05, 3.63) is 28.2 Å². The quantitative estimate of drug-likeness (QED) is 0.627. The van der Waals surface area contributed by atoms with Crippen molar-refractivity contribution in [3.8, 4) is 10.6 Å². The summed E-state index contributed by atoms with van der Waals surface area (Å²) in [5.41, 5.74) is 0.188. The highest BCUT2D eigenvalue weighted by molar-refractivity contribution is 7.19. The van der Waals surface area contributed by atoms with Gasteiger partial charge in [0, 0.05) is 18.7 Å². The van der Waals surface area contributed by atoms with E-state index in [0.29, 0.717) is 16.6 Å². The first-order valence-corrected chi connectivity index (χ1v) is 11.5. The van der Waals surface area contributed by atoms with E-state index in [-0.39, 0.29) is 23.6 Å². The molecule has 1 saturated heterocycles. The van der Waals surface area contributed by atoms with Crippen molar-refractivity contribution < 1.29 is 14.1 Å². The molecule has 0 radical (unpaired) electrons. The molecule has 8 heteroatoms. The van der Waals surface area contributed by atoms with Gasteiger partial charge in [-0.25, -0.2) is 0 Å². The summed E-state index contributed by atoms with van der Waals surface area (Å²) in [5, 5.41) is 6.64. The van der Waals surface area contributed by atoms with Crippen LogP contribution in [0, 0.1) is 11.8 Å². The third-order valence-corrected chi connectivity index (χ3v) is 4.76. The fourth-order valence-corrected chi connectivity index (χ4v) is 3.34. The van der Waals surface area contributed by atoms with Crippen molar-refractivity contribution in [3.63, 3.8) is 0 Å². The van der Waals surface area contributed by atoms with E-state index in [1.54, 1.807) is 25.1 Å². The van der Waals surface area contributed by atoms with Crippen LogP contribution in [0.2, 0.25) is 4.34 Å². The molecule has 0 bridgehead atoms. The number of thiophene rings is 1. The normalized spacial score (nSPS) is 18.4. The highest BCUT2D eigenvalue weighted by atomic mass is 35.5. The molecular formula is C22H34ClN3O3S. The summed E-state index contributed by atoms with van der Waals surface area (Å²) in [4.78, 5) is 26.7. The molecule has 1 aliphatic heterocycles. The molecule has 1 fully saturated rings. The smallest absolute Gasteiger partial charge is 0.276 e. The third kappa shape index (κ3) is 8.48.